The predicted octanol–water partition coefficient (Wildman–Crippen LogP) is 3.73. The minimum Gasteiger partial charge on any atom is -0.493 e. The fourth-order valence-electron chi connectivity index (χ4n) is 2.47. The Bertz CT molecular complexity index is 871. The topological polar surface area (TPSA) is 81.2 Å². The molecule has 0 aliphatic rings. The first-order valence-corrected chi connectivity index (χ1v) is 8.26. The SMILES string of the molecule is CCNc1nc(Nc2ccc(OC)c(OC)c2)cc(-c2cccnc2)n1. The number of nitrogens with zero attached hydrogens (tertiary/aromatic N) is 3. The maximum absolute atomic E-state index is 5.35. The van der Waals surface area contributed by atoms with E-state index in [-0.39, 0.29) is 0 Å². The summed E-state index contributed by atoms with van der Waals surface area (Å²) in [4.78, 5) is 13.2. The van der Waals surface area contributed by atoms with E-state index in [1.807, 2.05) is 43.3 Å². The van der Waals surface area contributed by atoms with Gasteiger partial charge < -0.3 is 20.1 Å². The summed E-state index contributed by atoms with van der Waals surface area (Å²) in [6.07, 6.45) is 3.51. The summed E-state index contributed by atoms with van der Waals surface area (Å²) in [6, 6.07) is 11.3. The molecule has 0 aliphatic carbocycles. The van der Waals surface area contributed by atoms with Gasteiger partial charge in [0.2, 0.25) is 5.95 Å². The van der Waals surface area contributed by atoms with Crippen molar-refractivity contribution in [1.82, 2.24) is 15.0 Å². The molecule has 0 atom stereocenters. The molecular formula is C19H21N5O2. The molecule has 26 heavy (non-hydrogen) atoms. The van der Waals surface area contributed by atoms with Crippen molar-refractivity contribution >= 4 is 17.5 Å². The molecule has 134 valence electrons. The molecule has 2 aromatic heterocycles. The van der Waals surface area contributed by atoms with Gasteiger partial charge in [0.05, 0.1) is 19.9 Å². The van der Waals surface area contributed by atoms with Crippen molar-refractivity contribution in [2.24, 2.45) is 0 Å². The van der Waals surface area contributed by atoms with Crippen LogP contribution in [0.25, 0.3) is 11.3 Å². The van der Waals surface area contributed by atoms with Gasteiger partial charge in [-0.3, -0.25) is 4.98 Å². The Balaban J connectivity index is 1.95. The molecule has 1 aromatic carbocycles. The number of anilines is 3. The van der Waals surface area contributed by atoms with Gasteiger partial charge in [-0.2, -0.15) is 4.98 Å². The van der Waals surface area contributed by atoms with Crippen LogP contribution in [0.2, 0.25) is 0 Å². The number of rotatable bonds is 7. The van der Waals surface area contributed by atoms with E-state index >= 15 is 0 Å². The lowest BCUT2D eigenvalue weighted by Gasteiger charge is -2.13. The molecule has 0 unspecified atom stereocenters. The molecule has 0 bridgehead atoms. The van der Waals surface area contributed by atoms with Crippen molar-refractivity contribution in [3.8, 4) is 22.8 Å². The fourth-order valence-corrected chi connectivity index (χ4v) is 2.47. The highest BCUT2D eigenvalue weighted by molar-refractivity contribution is 5.68. The molecule has 7 heteroatoms. The lowest BCUT2D eigenvalue weighted by atomic mass is 10.2. The second-order valence-electron chi connectivity index (χ2n) is 5.43. The Morgan fingerprint density at radius 1 is 1.00 bits per heavy atom. The molecule has 0 saturated heterocycles. The van der Waals surface area contributed by atoms with Gasteiger partial charge in [0, 0.05) is 42.3 Å². The first kappa shape index (κ1) is 17.5. The van der Waals surface area contributed by atoms with E-state index in [0.717, 1.165) is 23.5 Å². The molecule has 0 spiro atoms. The largest absolute Gasteiger partial charge is 0.493 e. The maximum atomic E-state index is 5.35. The van der Waals surface area contributed by atoms with Crippen LogP contribution >= 0.6 is 0 Å². The molecule has 3 aromatic rings. The zero-order valence-corrected chi connectivity index (χ0v) is 15.0. The standard InChI is InChI=1S/C19H21N5O2/c1-4-21-19-23-15(13-6-5-9-20-12-13)11-18(24-19)22-14-7-8-16(25-2)17(10-14)26-3/h5-12H,4H2,1-3H3,(H2,21,22,23,24). The summed E-state index contributed by atoms with van der Waals surface area (Å²) in [5, 5.41) is 6.45. The van der Waals surface area contributed by atoms with Gasteiger partial charge in [-0.05, 0) is 31.2 Å². The maximum Gasteiger partial charge on any atom is 0.225 e. The monoisotopic (exact) mass is 351 g/mol. The van der Waals surface area contributed by atoms with Crippen molar-refractivity contribution in [3.63, 3.8) is 0 Å². The van der Waals surface area contributed by atoms with Gasteiger partial charge in [0.1, 0.15) is 5.82 Å². The summed E-state index contributed by atoms with van der Waals surface area (Å²) in [5.41, 5.74) is 2.54. The van der Waals surface area contributed by atoms with Crippen LogP contribution in [0.5, 0.6) is 11.5 Å². The number of pyridine rings is 1. The molecule has 0 fully saturated rings. The number of hydrogen-bond acceptors (Lipinski definition) is 7. The quantitative estimate of drug-likeness (QED) is 0.671. The van der Waals surface area contributed by atoms with Gasteiger partial charge >= 0.3 is 0 Å². The van der Waals surface area contributed by atoms with Crippen molar-refractivity contribution in [3.05, 3.63) is 48.8 Å². The number of aromatic nitrogens is 3. The first-order valence-electron chi connectivity index (χ1n) is 8.26. The van der Waals surface area contributed by atoms with E-state index in [1.165, 1.54) is 0 Å². The second-order valence-corrected chi connectivity index (χ2v) is 5.43. The number of hydrogen-bond donors (Lipinski definition) is 2. The van der Waals surface area contributed by atoms with Crippen LogP contribution in [0.4, 0.5) is 17.5 Å². The fraction of sp³-hybridized carbons (Fsp3) is 0.211. The highest BCUT2D eigenvalue weighted by atomic mass is 16.5. The van der Waals surface area contributed by atoms with Gasteiger partial charge in [0.25, 0.3) is 0 Å². The molecule has 0 aliphatic heterocycles. The van der Waals surface area contributed by atoms with Crippen LogP contribution in [-0.4, -0.2) is 35.7 Å². The Labute approximate surface area is 152 Å². The average Bonchev–Trinajstić information content (AvgIpc) is 2.68. The summed E-state index contributed by atoms with van der Waals surface area (Å²) in [7, 11) is 3.22. The van der Waals surface area contributed by atoms with E-state index < -0.39 is 0 Å². The van der Waals surface area contributed by atoms with Crippen LogP contribution in [0.1, 0.15) is 6.92 Å². The molecular weight excluding hydrogens is 330 g/mol. The number of benzene rings is 1. The van der Waals surface area contributed by atoms with Crippen molar-refractivity contribution in [2.75, 3.05) is 31.4 Å². The van der Waals surface area contributed by atoms with Crippen LogP contribution in [-0.2, 0) is 0 Å². The minimum atomic E-state index is 0.553. The van der Waals surface area contributed by atoms with E-state index in [4.69, 9.17) is 9.47 Å². The smallest absolute Gasteiger partial charge is 0.225 e. The lowest BCUT2D eigenvalue weighted by molar-refractivity contribution is 0.355. The van der Waals surface area contributed by atoms with Crippen molar-refractivity contribution < 1.29 is 9.47 Å². The Morgan fingerprint density at radius 2 is 1.85 bits per heavy atom. The number of ether oxygens (including phenoxy) is 2. The normalized spacial score (nSPS) is 10.3. The Hall–Kier alpha value is -3.35. The van der Waals surface area contributed by atoms with E-state index in [0.29, 0.717) is 23.3 Å². The molecule has 2 heterocycles. The van der Waals surface area contributed by atoms with E-state index in [1.54, 1.807) is 26.6 Å². The van der Waals surface area contributed by atoms with Crippen LogP contribution in [0, 0.1) is 0 Å². The van der Waals surface area contributed by atoms with Gasteiger partial charge in [-0.1, -0.05) is 0 Å². The van der Waals surface area contributed by atoms with Gasteiger partial charge in [0.15, 0.2) is 11.5 Å². The molecule has 0 radical (unpaired) electrons. The second kappa shape index (κ2) is 8.15. The van der Waals surface area contributed by atoms with Gasteiger partial charge in [-0.25, -0.2) is 4.98 Å². The number of methoxy groups -OCH3 is 2. The molecule has 0 saturated carbocycles. The first-order chi connectivity index (χ1) is 12.7. The summed E-state index contributed by atoms with van der Waals surface area (Å²) >= 11 is 0. The molecule has 0 amide bonds. The van der Waals surface area contributed by atoms with Crippen molar-refractivity contribution in [1.29, 1.82) is 0 Å². The third-order valence-electron chi connectivity index (χ3n) is 3.67. The minimum absolute atomic E-state index is 0.553. The highest BCUT2D eigenvalue weighted by Gasteiger charge is 2.09. The van der Waals surface area contributed by atoms with E-state index in [9.17, 15) is 0 Å². The predicted molar refractivity (Wildman–Crippen MR) is 102 cm³/mol. The average molecular weight is 351 g/mol. The molecule has 7 nitrogen and oxygen atoms in total. The number of nitrogens with one attached hydrogen (secondary N) is 2. The zero-order valence-electron chi connectivity index (χ0n) is 15.0. The zero-order chi connectivity index (χ0) is 18.4. The van der Waals surface area contributed by atoms with Crippen LogP contribution < -0.4 is 20.1 Å². The van der Waals surface area contributed by atoms with Crippen LogP contribution in [0.3, 0.4) is 0 Å². The van der Waals surface area contributed by atoms with Gasteiger partial charge in [-0.15, -0.1) is 0 Å². The third kappa shape index (κ3) is 4.00. The van der Waals surface area contributed by atoms with Crippen molar-refractivity contribution in [2.45, 2.75) is 6.92 Å². The lowest BCUT2D eigenvalue weighted by Crippen LogP contribution is -2.05. The summed E-state index contributed by atoms with van der Waals surface area (Å²) < 4.78 is 10.6. The van der Waals surface area contributed by atoms with Crippen LogP contribution in [0.15, 0.2) is 48.8 Å². The molecule has 2 N–H and O–H groups in total. The van der Waals surface area contributed by atoms with E-state index in [2.05, 4.69) is 25.6 Å². The Morgan fingerprint density at radius 3 is 2.54 bits per heavy atom. The Kier molecular flexibility index (Phi) is 5.48. The third-order valence-corrected chi connectivity index (χ3v) is 3.67. The highest BCUT2D eigenvalue weighted by Crippen LogP contribution is 2.31. The molecule has 3 rings (SSSR count). The summed E-state index contributed by atoms with van der Waals surface area (Å²) in [5.74, 6) is 2.54. The summed E-state index contributed by atoms with van der Waals surface area (Å²) in [6.45, 7) is 2.73.